The lowest BCUT2D eigenvalue weighted by molar-refractivity contribution is 0.613. The first-order chi connectivity index (χ1) is 9.11. The van der Waals surface area contributed by atoms with Crippen LogP contribution in [0.1, 0.15) is 11.8 Å². The van der Waals surface area contributed by atoms with Crippen molar-refractivity contribution >= 4 is 44.6 Å². The van der Waals surface area contributed by atoms with Gasteiger partial charge >= 0.3 is 0 Å². The van der Waals surface area contributed by atoms with Crippen LogP contribution in [0.15, 0.2) is 27.6 Å². The van der Waals surface area contributed by atoms with Crippen molar-refractivity contribution in [2.24, 2.45) is 0 Å². The molecule has 0 aromatic carbocycles. The van der Waals surface area contributed by atoms with Crippen molar-refractivity contribution in [2.45, 2.75) is 19.9 Å². The van der Waals surface area contributed by atoms with Crippen molar-refractivity contribution in [2.75, 3.05) is 11.9 Å². The van der Waals surface area contributed by atoms with E-state index in [1.807, 2.05) is 19.1 Å². The highest BCUT2D eigenvalue weighted by atomic mass is 79.9. The fourth-order valence-electron chi connectivity index (χ4n) is 1.62. The molecule has 0 unspecified atom stereocenters. The number of rotatable bonds is 5. The van der Waals surface area contributed by atoms with E-state index in [0.717, 1.165) is 23.0 Å². The van der Waals surface area contributed by atoms with E-state index in [2.05, 4.69) is 26.3 Å². The molecule has 1 N–H and O–H groups in total. The lowest BCUT2D eigenvalue weighted by atomic mass is 10.3. The summed E-state index contributed by atoms with van der Waals surface area (Å²) in [6.45, 7) is 3.17. The molecule has 19 heavy (non-hydrogen) atoms. The first-order valence-corrected chi connectivity index (χ1v) is 7.84. The monoisotopic (exact) mass is 361 g/mol. The number of thiophene rings is 1. The SMILES string of the molecule is CCn1ncc(NCCc2ccc(Cl)s2)c(Br)c1=O. The normalized spacial score (nSPS) is 10.7. The third-order valence-corrected chi connectivity index (χ3v) is 4.66. The molecule has 0 radical (unpaired) electrons. The van der Waals surface area contributed by atoms with Gasteiger partial charge in [-0.05, 0) is 41.4 Å². The maximum Gasteiger partial charge on any atom is 0.283 e. The fraction of sp³-hybridized carbons (Fsp3) is 0.333. The molecule has 0 amide bonds. The summed E-state index contributed by atoms with van der Waals surface area (Å²) in [5.41, 5.74) is 0.601. The van der Waals surface area contributed by atoms with Gasteiger partial charge in [0.1, 0.15) is 4.47 Å². The first-order valence-electron chi connectivity index (χ1n) is 5.85. The number of nitrogens with zero attached hydrogens (tertiary/aromatic N) is 2. The summed E-state index contributed by atoms with van der Waals surface area (Å²) >= 11 is 10.7. The summed E-state index contributed by atoms with van der Waals surface area (Å²) in [4.78, 5) is 13.1. The van der Waals surface area contributed by atoms with Crippen molar-refractivity contribution in [3.63, 3.8) is 0 Å². The Labute approximate surface area is 128 Å². The highest BCUT2D eigenvalue weighted by molar-refractivity contribution is 9.10. The number of aryl methyl sites for hydroxylation is 1. The lowest BCUT2D eigenvalue weighted by Crippen LogP contribution is -2.23. The van der Waals surface area contributed by atoms with Crippen LogP contribution >= 0.6 is 38.9 Å². The van der Waals surface area contributed by atoms with E-state index in [1.54, 1.807) is 17.5 Å². The van der Waals surface area contributed by atoms with Crippen molar-refractivity contribution < 1.29 is 0 Å². The molecule has 4 nitrogen and oxygen atoms in total. The number of hydrogen-bond acceptors (Lipinski definition) is 4. The van der Waals surface area contributed by atoms with Crippen LogP contribution < -0.4 is 10.9 Å². The Morgan fingerprint density at radius 2 is 2.32 bits per heavy atom. The van der Waals surface area contributed by atoms with Crippen LogP contribution in [0.2, 0.25) is 4.34 Å². The molecular weight excluding hydrogens is 350 g/mol. The van der Waals surface area contributed by atoms with Crippen LogP contribution in [0, 0.1) is 0 Å². The molecule has 102 valence electrons. The number of nitrogens with one attached hydrogen (secondary N) is 1. The molecule has 2 heterocycles. The molecule has 0 fully saturated rings. The second-order valence-corrected chi connectivity index (χ2v) is 6.47. The van der Waals surface area contributed by atoms with E-state index in [0.29, 0.717) is 11.0 Å². The van der Waals surface area contributed by atoms with E-state index in [-0.39, 0.29) is 5.56 Å². The predicted octanol–water partition coefficient (Wildman–Crippen LogP) is 3.40. The molecule has 0 atom stereocenters. The van der Waals surface area contributed by atoms with Crippen LogP contribution in [-0.4, -0.2) is 16.3 Å². The van der Waals surface area contributed by atoms with Crippen molar-refractivity contribution in [1.82, 2.24) is 9.78 Å². The van der Waals surface area contributed by atoms with Crippen molar-refractivity contribution in [1.29, 1.82) is 0 Å². The van der Waals surface area contributed by atoms with Gasteiger partial charge in [-0.2, -0.15) is 5.10 Å². The lowest BCUT2D eigenvalue weighted by Gasteiger charge is -2.08. The van der Waals surface area contributed by atoms with E-state index in [4.69, 9.17) is 11.6 Å². The van der Waals surface area contributed by atoms with Crippen LogP contribution in [0.4, 0.5) is 5.69 Å². The van der Waals surface area contributed by atoms with Gasteiger partial charge in [-0.3, -0.25) is 4.79 Å². The van der Waals surface area contributed by atoms with Crippen LogP contribution in [-0.2, 0) is 13.0 Å². The first kappa shape index (κ1) is 14.6. The minimum absolute atomic E-state index is 0.119. The van der Waals surface area contributed by atoms with E-state index in [1.165, 1.54) is 9.56 Å². The Hall–Kier alpha value is -0.850. The van der Waals surface area contributed by atoms with Gasteiger partial charge in [0.15, 0.2) is 0 Å². The summed E-state index contributed by atoms with van der Waals surface area (Å²) < 4.78 is 2.73. The Bertz CT molecular complexity index is 626. The largest absolute Gasteiger partial charge is 0.382 e. The van der Waals surface area contributed by atoms with E-state index >= 15 is 0 Å². The third kappa shape index (κ3) is 3.58. The molecule has 7 heteroatoms. The minimum Gasteiger partial charge on any atom is -0.382 e. The maximum absolute atomic E-state index is 11.9. The highest BCUT2D eigenvalue weighted by Gasteiger charge is 2.07. The average molecular weight is 363 g/mol. The summed E-state index contributed by atoms with van der Waals surface area (Å²) in [5, 5.41) is 7.28. The molecule has 0 spiro atoms. The van der Waals surface area contributed by atoms with Gasteiger partial charge in [0.25, 0.3) is 5.56 Å². The molecule has 0 aliphatic rings. The number of anilines is 1. The zero-order valence-electron chi connectivity index (χ0n) is 10.3. The van der Waals surface area contributed by atoms with Gasteiger partial charge in [-0.1, -0.05) is 11.6 Å². The molecule has 2 aromatic heterocycles. The number of aromatic nitrogens is 2. The van der Waals surface area contributed by atoms with Crippen LogP contribution in [0.5, 0.6) is 0 Å². The molecule has 0 bridgehead atoms. The number of halogens is 2. The van der Waals surface area contributed by atoms with Crippen molar-refractivity contribution in [3.8, 4) is 0 Å². The third-order valence-electron chi connectivity index (χ3n) is 2.60. The van der Waals surface area contributed by atoms with Crippen LogP contribution in [0.3, 0.4) is 0 Å². The average Bonchev–Trinajstić information content (AvgIpc) is 2.81. The summed E-state index contributed by atoms with van der Waals surface area (Å²) in [7, 11) is 0. The number of hydrogen-bond donors (Lipinski definition) is 1. The van der Waals surface area contributed by atoms with E-state index < -0.39 is 0 Å². The fourth-order valence-corrected chi connectivity index (χ4v) is 3.15. The highest BCUT2D eigenvalue weighted by Crippen LogP contribution is 2.22. The predicted molar refractivity (Wildman–Crippen MR) is 83.4 cm³/mol. The quantitative estimate of drug-likeness (QED) is 0.887. The molecule has 2 aromatic rings. The summed E-state index contributed by atoms with van der Waals surface area (Å²) in [6, 6.07) is 3.90. The second-order valence-electron chi connectivity index (χ2n) is 3.88. The summed E-state index contributed by atoms with van der Waals surface area (Å²) in [5.74, 6) is 0. The Balaban J connectivity index is 2.00. The zero-order valence-corrected chi connectivity index (χ0v) is 13.5. The van der Waals surface area contributed by atoms with Crippen LogP contribution in [0.25, 0.3) is 0 Å². The minimum atomic E-state index is -0.119. The van der Waals surface area contributed by atoms with E-state index in [9.17, 15) is 4.79 Å². The van der Waals surface area contributed by atoms with Crippen molar-refractivity contribution in [3.05, 3.63) is 42.4 Å². The molecular formula is C12H13BrClN3OS. The van der Waals surface area contributed by atoms with Gasteiger partial charge in [-0.15, -0.1) is 11.3 Å². The Morgan fingerprint density at radius 1 is 1.53 bits per heavy atom. The van der Waals surface area contributed by atoms with Gasteiger partial charge in [0.05, 0.1) is 16.2 Å². The van der Waals surface area contributed by atoms with Gasteiger partial charge in [-0.25, -0.2) is 4.68 Å². The topological polar surface area (TPSA) is 46.9 Å². The smallest absolute Gasteiger partial charge is 0.283 e. The molecule has 0 aliphatic carbocycles. The Morgan fingerprint density at radius 3 is 2.95 bits per heavy atom. The van der Waals surface area contributed by atoms with Gasteiger partial charge in [0, 0.05) is 18.0 Å². The molecule has 2 rings (SSSR count). The molecule has 0 saturated heterocycles. The molecule has 0 saturated carbocycles. The Kier molecular flexibility index (Phi) is 5.01. The summed E-state index contributed by atoms with van der Waals surface area (Å²) in [6.07, 6.45) is 2.52. The zero-order chi connectivity index (χ0) is 13.8. The second kappa shape index (κ2) is 6.54. The standard InChI is InChI=1S/C12H13BrClN3OS/c1-2-17-12(18)11(13)9(7-16-17)15-6-5-8-3-4-10(14)19-8/h3-4,7,15H,2,5-6H2,1H3. The van der Waals surface area contributed by atoms with Gasteiger partial charge in [0.2, 0.25) is 0 Å². The maximum atomic E-state index is 11.9. The molecule has 0 aliphatic heterocycles. The van der Waals surface area contributed by atoms with Gasteiger partial charge < -0.3 is 5.32 Å².